The summed E-state index contributed by atoms with van der Waals surface area (Å²) in [5, 5.41) is 3.44. The number of benzene rings is 1. The van der Waals surface area contributed by atoms with Crippen molar-refractivity contribution < 1.29 is 4.79 Å². The lowest BCUT2D eigenvalue weighted by molar-refractivity contribution is 0.261. The molecule has 2 atom stereocenters. The van der Waals surface area contributed by atoms with E-state index in [0.717, 1.165) is 25.7 Å². The normalized spacial score (nSPS) is 13.8. The summed E-state index contributed by atoms with van der Waals surface area (Å²) in [7, 11) is 0. The van der Waals surface area contributed by atoms with Crippen LogP contribution in [0.2, 0.25) is 0 Å². The fraction of sp³-hybridized carbons (Fsp3) is 0.588. The summed E-state index contributed by atoms with van der Waals surface area (Å²) in [6, 6.07) is 10.6. The summed E-state index contributed by atoms with van der Waals surface area (Å²) in [5.41, 5.74) is 1.39. The Kier molecular flexibility index (Phi) is 8.43. The minimum atomic E-state index is 0.123. The van der Waals surface area contributed by atoms with Crippen LogP contribution in [0.4, 0.5) is 4.79 Å². The molecule has 3 heteroatoms. The Morgan fingerprint density at radius 2 is 1.85 bits per heavy atom. The van der Waals surface area contributed by atoms with Gasteiger partial charge in [-0.15, -0.1) is 0 Å². The van der Waals surface area contributed by atoms with E-state index in [1.165, 1.54) is 17.3 Å². The molecular formula is C17H27NOS. The molecule has 1 aromatic rings. The summed E-state index contributed by atoms with van der Waals surface area (Å²) in [4.78, 5) is 11.8. The van der Waals surface area contributed by atoms with E-state index in [2.05, 4.69) is 49.5 Å². The molecule has 0 fully saturated rings. The van der Waals surface area contributed by atoms with Crippen LogP contribution in [0.15, 0.2) is 30.3 Å². The van der Waals surface area contributed by atoms with Gasteiger partial charge in [-0.25, -0.2) is 0 Å². The lowest BCUT2D eigenvalue weighted by Crippen LogP contribution is -2.25. The van der Waals surface area contributed by atoms with Crippen LogP contribution in [0.25, 0.3) is 0 Å². The van der Waals surface area contributed by atoms with Gasteiger partial charge in [0, 0.05) is 11.8 Å². The predicted molar refractivity (Wildman–Crippen MR) is 89.3 cm³/mol. The molecule has 0 aliphatic rings. The molecule has 0 saturated carbocycles. The van der Waals surface area contributed by atoms with Crippen molar-refractivity contribution in [3.05, 3.63) is 35.9 Å². The molecule has 0 aliphatic carbocycles. The van der Waals surface area contributed by atoms with Gasteiger partial charge < -0.3 is 5.32 Å². The van der Waals surface area contributed by atoms with E-state index in [0.29, 0.717) is 17.7 Å². The van der Waals surface area contributed by atoms with Crippen molar-refractivity contribution >= 4 is 17.0 Å². The number of aryl methyl sites for hydroxylation is 1. The molecule has 1 aromatic carbocycles. The molecule has 20 heavy (non-hydrogen) atoms. The van der Waals surface area contributed by atoms with E-state index in [4.69, 9.17) is 0 Å². The van der Waals surface area contributed by atoms with Crippen LogP contribution >= 0.6 is 11.8 Å². The molecule has 0 spiro atoms. The predicted octanol–water partition coefficient (Wildman–Crippen LogP) is 4.89. The third-order valence-electron chi connectivity index (χ3n) is 3.68. The minimum Gasteiger partial charge on any atom is -0.347 e. The fourth-order valence-electron chi connectivity index (χ4n) is 2.49. The zero-order chi connectivity index (χ0) is 14.8. The van der Waals surface area contributed by atoms with Crippen LogP contribution in [-0.2, 0) is 6.42 Å². The van der Waals surface area contributed by atoms with Crippen LogP contribution in [-0.4, -0.2) is 17.0 Å². The van der Waals surface area contributed by atoms with E-state index in [-0.39, 0.29) is 5.24 Å². The molecule has 0 heterocycles. The van der Waals surface area contributed by atoms with Crippen LogP contribution in [0.3, 0.4) is 0 Å². The van der Waals surface area contributed by atoms with Gasteiger partial charge in [-0.1, -0.05) is 62.4 Å². The first-order valence-corrected chi connectivity index (χ1v) is 8.57. The average Bonchev–Trinajstić information content (AvgIpc) is 2.48. The second-order valence-electron chi connectivity index (χ2n) is 5.07. The highest BCUT2D eigenvalue weighted by Crippen LogP contribution is 2.29. The zero-order valence-electron chi connectivity index (χ0n) is 12.9. The van der Waals surface area contributed by atoms with Crippen LogP contribution in [0, 0.1) is 5.92 Å². The van der Waals surface area contributed by atoms with E-state index in [1.807, 2.05) is 6.92 Å². The van der Waals surface area contributed by atoms with E-state index in [1.54, 1.807) is 0 Å². The molecule has 112 valence electrons. The standard InChI is InChI=1S/C17H27NOS/c1-4-15(13-12-14-10-8-7-9-11-14)16(5-2)20-17(19)18-6-3/h7-11,15-16H,4-6,12-13H2,1-3H3,(H,18,19). The Balaban J connectivity index is 2.51. The maximum absolute atomic E-state index is 11.8. The highest BCUT2D eigenvalue weighted by molar-refractivity contribution is 8.14. The van der Waals surface area contributed by atoms with Crippen LogP contribution in [0.5, 0.6) is 0 Å². The van der Waals surface area contributed by atoms with Gasteiger partial charge in [0.25, 0.3) is 5.24 Å². The number of thioether (sulfide) groups is 1. The first-order chi connectivity index (χ1) is 9.71. The van der Waals surface area contributed by atoms with Gasteiger partial charge in [0.05, 0.1) is 0 Å². The Morgan fingerprint density at radius 3 is 2.40 bits per heavy atom. The number of amides is 1. The Labute approximate surface area is 127 Å². The second kappa shape index (κ2) is 9.87. The number of hydrogen-bond donors (Lipinski definition) is 1. The number of rotatable bonds is 8. The van der Waals surface area contributed by atoms with Crippen LogP contribution < -0.4 is 5.32 Å². The van der Waals surface area contributed by atoms with E-state index >= 15 is 0 Å². The first-order valence-electron chi connectivity index (χ1n) is 7.69. The Bertz CT molecular complexity index is 380. The molecule has 0 bridgehead atoms. The van der Waals surface area contributed by atoms with Crippen molar-refractivity contribution in [1.29, 1.82) is 0 Å². The molecule has 0 saturated heterocycles. The molecule has 1 N–H and O–H groups in total. The van der Waals surface area contributed by atoms with Crippen molar-refractivity contribution in [2.45, 2.75) is 51.7 Å². The van der Waals surface area contributed by atoms with Gasteiger partial charge in [0.15, 0.2) is 0 Å². The van der Waals surface area contributed by atoms with Gasteiger partial charge in [-0.05, 0) is 37.7 Å². The summed E-state index contributed by atoms with van der Waals surface area (Å²) in [6.45, 7) is 7.09. The monoisotopic (exact) mass is 293 g/mol. The summed E-state index contributed by atoms with van der Waals surface area (Å²) < 4.78 is 0. The number of hydrogen-bond acceptors (Lipinski definition) is 2. The van der Waals surface area contributed by atoms with Gasteiger partial charge in [0.1, 0.15) is 0 Å². The van der Waals surface area contributed by atoms with E-state index < -0.39 is 0 Å². The molecule has 1 amide bonds. The number of carbonyl (C=O) groups is 1. The molecule has 2 unspecified atom stereocenters. The van der Waals surface area contributed by atoms with Gasteiger partial charge in [-0.2, -0.15) is 0 Å². The number of carbonyl (C=O) groups excluding carboxylic acids is 1. The molecule has 0 aliphatic heterocycles. The van der Waals surface area contributed by atoms with Crippen molar-refractivity contribution in [1.82, 2.24) is 5.32 Å². The van der Waals surface area contributed by atoms with Crippen molar-refractivity contribution in [3.8, 4) is 0 Å². The van der Waals surface area contributed by atoms with Crippen molar-refractivity contribution in [2.75, 3.05) is 6.54 Å². The third kappa shape index (κ3) is 6.00. The molecule has 0 radical (unpaired) electrons. The Hall–Kier alpha value is -0.960. The number of nitrogens with one attached hydrogen (secondary N) is 1. The highest BCUT2D eigenvalue weighted by atomic mass is 32.2. The third-order valence-corrected chi connectivity index (χ3v) is 5.06. The van der Waals surface area contributed by atoms with E-state index in [9.17, 15) is 4.79 Å². The SMILES string of the molecule is CCNC(=O)SC(CC)C(CC)CCc1ccccc1. The lowest BCUT2D eigenvalue weighted by Gasteiger charge is -2.24. The summed E-state index contributed by atoms with van der Waals surface area (Å²) >= 11 is 1.49. The topological polar surface area (TPSA) is 29.1 Å². The Morgan fingerprint density at radius 1 is 1.15 bits per heavy atom. The molecule has 1 rings (SSSR count). The summed E-state index contributed by atoms with van der Waals surface area (Å²) in [5.74, 6) is 0.604. The first kappa shape index (κ1) is 17.1. The molecular weight excluding hydrogens is 266 g/mol. The summed E-state index contributed by atoms with van der Waals surface area (Å²) in [6.07, 6.45) is 4.45. The van der Waals surface area contributed by atoms with Crippen molar-refractivity contribution in [3.63, 3.8) is 0 Å². The van der Waals surface area contributed by atoms with Gasteiger partial charge in [0.2, 0.25) is 0 Å². The maximum atomic E-state index is 11.8. The molecule has 0 aromatic heterocycles. The fourth-order valence-corrected chi connectivity index (χ4v) is 3.68. The van der Waals surface area contributed by atoms with Gasteiger partial charge in [-0.3, -0.25) is 4.79 Å². The van der Waals surface area contributed by atoms with Gasteiger partial charge >= 0.3 is 0 Å². The smallest absolute Gasteiger partial charge is 0.279 e. The second-order valence-corrected chi connectivity index (χ2v) is 6.29. The zero-order valence-corrected chi connectivity index (χ0v) is 13.7. The van der Waals surface area contributed by atoms with Crippen molar-refractivity contribution in [2.24, 2.45) is 5.92 Å². The lowest BCUT2D eigenvalue weighted by atomic mass is 9.93. The minimum absolute atomic E-state index is 0.123. The van der Waals surface area contributed by atoms with Crippen LogP contribution in [0.1, 0.15) is 45.6 Å². The molecule has 2 nitrogen and oxygen atoms in total. The quantitative estimate of drug-likeness (QED) is 0.739. The average molecular weight is 293 g/mol. The highest BCUT2D eigenvalue weighted by Gasteiger charge is 2.21. The maximum Gasteiger partial charge on any atom is 0.279 e. The largest absolute Gasteiger partial charge is 0.347 e.